The predicted molar refractivity (Wildman–Crippen MR) is 140 cm³/mol. The van der Waals surface area contributed by atoms with Crippen molar-refractivity contribution >= 4 is 11.8 Å². The van der Waals surface area contributed by atoms with E-state index in [4.69, 9.17) is 10.5 Å². The van der Waals surface area contributed by atoms with Crippen molar-refractivity contribution in [2.75, 3.05) is 32.8 Å². The van der Waals surface area contributed by atoms with Crippen LogP contribution in [0.3, 0.4) is 0 Å². The van der Waals surface area contributed by atoms with Crippen molar-refractivity contribution < 1.29 is 27.5 Å². The summed E-state index contributed by atoms with van der Waals surface area (Å²) in [5, 5.41) is 0. The molecule has 7 nitrogen and oxygen atoms in total. The van der Waals surface area contributed by atoms with E-state index in [1.807, 2.05) is 23.1 Å². The van der Waals surface area contributed by atoms with Crippen LogP contribution in [0.2, 0.25) is 0 Å². The Morgan fingerprint density at radius 3 is 2.23 bits per heavy atom. The zero-order valence-corrected chi connectivity index (χ0v) is 22.0. The van der Waals surface area contributed by atoms with Gasteiger partial charge in [0, 0.05) is 36.5 Å². The average Bonchev–Trinajstić information content (AvgIpc) is 3.40. The second-order valence-corrected chi connectivity index (χ2v) is 11.2. The Balaban J connectivity index is 1.09. The van der Waals surface area contributed by atoms with Crippen molar-refractivity contribution in [3.63, 3.8) is 0 Å². The minimum absolute atomic E-state index is 0.119. The molecule has 2 aliphatic heterocycles. The van der Waals surface area contributed by atoms with E-state index in [2.05, 4.69) is 4.98 Å². The van der Waals surface area contributed by atoms with Crippen molar-refractivity contribution in [3.05, 3.63) is 48.2 Å². The number of pyridine rings is 1. The molecular weight excluding hydrogens is 509 g/mol. The van der Waals surface area contributed by atoms with Crippen molar-refractivity contribution in [2.45, 2.75) is 57.2 Å². The second-order valence-electron chi connectivity index (χ2n) is 11.2. The molecule has 1 unspecified atom stereocenters. The molecule has 0 radical (unpaired) electrons. The normalized spacial score (nSPS) is 21.9. The lowest BCUT2D eigenvalue weighted by Gasteiger charge is -2.47. The Morgan fingerprint density at radius 2 is 1.67 bits per heavy atom. The maximum absolute atomic E-state index is 13.5. The lowest BCUT2D eigenvalue weighted by Crippen LogP contribution is -2.53. The molecule has 39 heavy (non-hydrogen) atoms. The van der Waals surface area contributed by atoms with Gasteiger partial charge in [-0.1, -0.05) is 18.6 Å². The van der Waals surface area contributed by atoms with Gasteiger partial charge >= 0.3 is 6.18 Å². The molecule has 0 bridgehead atoms. The summed E-state index contributed by atoms with van der Waals surface area (Å²) in [5.41, 5.74) is 6.22. The van der Waals surface area contributed by atoms with Crippen LogP contribution in [0.4, 0.5) is 13.2 Å². The van der Waals surface area contributed by atoms with Gasteiger partial charge in [0.2, 0.25) is 11.8 Å². The molecule has 2 saturated heterocycles. The molecule has 0 spiro atoms. The number of amides is 2. The van der Waals surface area contributed by atoms with E-state index in [1.165, 1.54) is 0 Å². The van der Waals surface area contributed by atoms with E-state index in [-0.39, 0.29) is 25.3 Å². The number of halogens is 3. The van der Waals surface area contributed by atoms with Gasteiger partial charge in [0.25, 0.3) is 5.91 Å². The molecule has 5 rings (SSSR count). The smallest absolute Gasteiger partial charge is 0.395 e. The zero-order chi connectivity index (χ0) is 27.6. The largest absolute Gasteiger partial charge is 0.477 e. The van der Waals surface area contributed by atoms with Crippen molar-refractivity contribution in [1.82, 2.24) is 14.8 Å². The van der Waals surface area contributed by atoms with Gasteiger partial charge in [-0.15, -0.1) is 0 Å². The van der Waals surface area contributed by atoms with E-state index < -0.39 is 23.5 Å². The van der Waals surface area contributed by atoms with Crippen LogP contribution in [0.25, 0.3) is 11.1 Å². The number of alkyl halides is 3. The summed E-state index contributed by atoms with van der Waals surface area (Å²) in [4.78, 5) is 32.4. The first-order chi connectivity index (χ1) is 18.6. The fourth-order valence-corrected chi connectivity index (χ4v) is 5.99. The molecule has 3 heterocycles. The maximum Gasteiger partial charge on any atom is 0.395 e. The second kappa shape index (κ2) is 11.2. The van der Waals surface area contributed by atoms with Gasteiger partial charge in [-0.05, 0) is 81.3 Å². The molecule has 3 aliphatic rings. The molecule has 1 aromatic heterocycles. The van der Waals surface area contributed by atoms with E-state index in [0.29, 0.717) is 56.4 Å². The van der Waals surface area contributed by atoms with E-state index in [9.17, 15) is 22.8 Å². The molecule has 1 aliphatic carbocycles. The fourth-order valence-electron chi connectivity index (χ4n) is 5.99. The van der Waals surface area contributed by atoms with Gasteiger partial charge in [0.05, 0.1) is 12.0 Å². The number of likely N-dealkylation sites (tertiary alicyclic amines) is 2. The minimum atomic E-state index is -4.12. The lowest BCUT2D eigenvalue weighted by molar-refractivity contribution is -0.256. The van der Waals surface area contributed by atoms with Crippen LogP contribution in [-0.2, 0) is 4.79 Å². The third kappa shape index (κ3) is 5.90. The SMILES string of the molecule is NC(=O)C1CCCN1C(=O)c1ccc(-c2ccc(OCC3CCN(CC4(C(F)(F)F)CCC4)CC3)nc2)cc1. The third-order valence-electron chi connectivity index (χ3n) is 8.66. The highest BCUT2D eigenvalue weighted by molar-refractivity contribution is 5.98. The molecule has 1 aromatic carbocycles. The van der Waals surface area contributed by atoms with Crippen molar-refractivity contribution in [3.8, 4) is 17.0 Å². The molecule has 3 fully saturated rings. The predicted octanol–water partition coefficient (Wildman–Crippen LogP) is 4.66. The molecule has 2 N–H and O–H groups in total. The molecule has 10 heteroatoms. The van der Waals surface area contributed by atoms with E-state index in [0.717, 1.165) is 30.4 Å². The van der Waals surface area contributed by atoms with Crippen LogP contribution in [0, 0.1) is 11.3 Å². The third-order valence-corrected chi connectivity index (χ3v) is 8.66. The van der Waals surface area contributed by atoms with Crippen LogP contribution >= 0.6 is 0 Å². The fraction of sp³-hybridized carbons (Fsp3) is 0.552. The topological polar surface area (TPSA) is 88.8 Å². The van der Waals surface area contributed by atoms with Gasteiger partial charge < -0.3 is 20.3 Å². The first-order valence-corrected chi connectivity index (χ1v) is 13.7. The van der Waals surface area contributed by atoms with Gasteiger partial charge in [-0.2, -0.15) is 13.2 Å². The van der Waals surface area contributed by atoms with Crippen molar-refractivity contribution in [1.29, 1.82) is 0 Å². The Hall–Kier alpha value is -3.14. The Morgan fingerprint density at radius 1 is 0.974 bits per heavy atom. The average molecular weight is 545 g/mol. The number of ether oxygens (including phenoxy) is 1. The number of rotatable bonds is 8. The maximum atomic E-state index is 13.5. The van der Waals surface area contributed by atoms with E-state index >= 15 is 0 Å². The summed E-state index contributed by atoms with van der Waals surface area (Å²) in [6, 6.07) is 10.3. The lowest BCUT2D eigenvalue weighted by atomic mass is 9.67. The Labute approximate surface area is 226 Å². The van der Waals surface area contributed by atoms with Gasteiger partial charge in [0.1, 0.15) is 6.04 Å². The Bertz CT molecular complexity index is 1160. The number of primary amides is 1. The molecule has 210 valence electrons. The van der Waals surface area contributed by atoms with Crippen LogP contribution < -0.4 is 10.5 Å². The number of aromatic nitrogens is 1. The van der Waals surface area contributed by atoms with Crippen molar-refractivity contribution in [2.24, 2.45) is 17.1 Å². The first-order valence-electron chi connectivity index (χ1n) is 13.7. The number of carbonyl (C=O) groups excluding carboxylic acids is 2. The minimum Gasteiger partial charge on any atom is -0.477 e. The molecule has 2 amide bonds. The quantitative estimate of drug-likeness (QED) is 0.522. The Kier molecular flexibility index (Phi) is 7.84. The summed E-state index contributed by atoms with van der Waals surface area (Å²) >= 11 is 0. The standard InChI is InChI=1S/C29H35F3N4O3/c30-29(31,32)28(12-2-13-28)19-35-15-10-20(11-16-35)18-39-25-9-8-23(17-34-25)21-4-6-22(7-5-21)27(38)36-14-1-3-24(36)26(33)37/h4-9,17,20,24H,1-3,10-16,18-19H2,(H2,33,37). The summed E-state index contributed by atoms with van der Waals surface area (Å²) in [6.07, 6.45) is 1.75. The zero-order valence-electron chi connectivity index (χ0n) is 22.0. The van der Waals surface area contributed by atoms with Gasteiger partial charge in [-0.25, -0.2) is 4.98 Å². The molecule has 2 aromatic rings. The highest BCUT2D eigenvalue weighted by Gasteiger charge is 2.58. The van der Waals surface area contributed by atoms with Crippen LogP contribution in [0.5, 0.6) is 5.88 Å². The summed E-state index contributed by atoms with van der Waals surface area (Å²) in [5.74, 6) is 0.128. The number of carbonyl (C=O) groups is 2. The number of piperidine rings is 1. The highest BCUT2D eigenvalue weighted by atomic mass is 19.4. The summed E-state index contributed by atoms with van der Waals surface area (Å²) in [6.45, 7) is 2.46. The number of hydrogen-bond acceptors (Lipinski definition) is 5. The van der Waals surface area contributed by atoms with Crippen LogP contribution in [0.1, 0.15) is 55.3 Å². The first kappa shape index (κ1) is 27.4. The molecule has 1 atom stereocenters. The number of hydrogen-bond donors (Lipinski definition) is 1. The van der Waals surface area contributed by atoms with Gasteiger partial charge in [-0.3, -0.25) is 9.59 Å². The number of benzene rings is 1. The highest BCUT2D eigenvalue weighted by Crippen LogP contribution is 2.53. The van der Waals surface area contributed by atoms with E-state index in [1.54, 1.807) is 29.3 Å². The number of nitrogens with zero attached hydrogens (tertiary/aromatic N) is 3. The van der Waals surface area contributed by atoms with Crippen LogP contribution in [0.15, 0.2) is 42.6 Å². The molecular formula is C29H35F3N4O3. The summed E-state index contributed by atoms with van der Waals surface area (Å²) in [7, 11) is 0. The van der Waals surface area contributed by atoms with Crippen LogP contribution in [-0.4, -0.2) is 71.6 Å². The summed E-state index contributed by atoms with van der Waals surface area (Å²) < 4.78 is 46.4. The van der Waals surface area contributed by atoms with Gasteiger partial charge in [0.15, 0.2) is 0 Å². The molecule has 1 saturated carbocycles. The number of nitrogens with two attached hydrogens (primary N) is 1. The monoisotopic (exact) mass is 544 g/mol.